The maximum absolute atomic E-state index is 13.4. The number of aliphatic hydroxyl groups is 1. The minimum Gasteiger partial charge on any atom is -0.391 e. The maximum atomic E-state index is 13.4. The zero-order valence-corrected chi connectivity index (χ0v) is 18.4. The molecule has 0 radical (unpaired) electrons. The Labute approximate surface area is 185 Å². The molecule has 2 aliphatic heterocycles. The van der Waals surface area contributed by atoms with Crippen molar-refractivity contribution in [3.8, 4) is 22.3 Å². The molecule has 6 nitrogen and oxygen atoms in total. The number of fused-ring (bicyclic) bond motifs is 2. The summed E-state index contributed by atoms with van der Waals surface area (Å²) in [6.45, 7) is 4.28. The van der Waals surface area contributed by atoms with E-state index in [9.17, 15) is 9.90 Å². The largest absolute Gasteiger partial charge is 0.391 e. The van der Waals surface area contributed by atoms with Crippen LogP contribution in [0.2, 0.25) is 0 Å². The van der Waals surface area contributed by atoms with Crippen LogP contribution in [0.1, 0.15) is 45.9 Å². The quantitative estimate of drug-likeness (QED) is 0.619. The van der Waals surface area contributed by atoms with Gasteiger partial charge < -0.3 is 9.67 Å². The first-order valence-electron chi connectivity index (χ1n) is 10.6. The molecule has 0 saturated carbocycles. The molecule has 5 rings (SSSR count). The van der Waals surface area contributed by atoms with Gasteiger partial charge >= 0.3 is 0 Å². The number of carbonyl (C=O) groups is 1. The zero-order chi connectivity index (χ0) is 21.7. The highest BCUT2D eigenvalue weighted by molar-refractivity contribution is 7.15. The van der Waals surface area contributed by atoms with Crippen molar-refractivity contribution in [3.63, 3.8) is 0 Å². The topological polar surface area (TPSA) is 82.2 Å². The van der Waals surface area contributed by atoms with Gasteiger partial charge in [0.05, 0.1) is 39.9 Å². The minimum absolute atomic E-state index is 0.0818. The smallest absolute Gasteiger partial charge is 0.178 e. The lowest BCUT2D eigenvalue weighted by Gasteiger charge is -2.21. The van der Waals surface area contributed by atoms with Crippen LogP contribution in [0.3, 0.4) is 0 Å². The van der Waals surface area contributed by atoms with Gasteiger partial charge in [-0.25, -0.2) is 4.98 Å². The van der Waals surface area contributed by atoms with Crippen LogP contribution in [-0.4, -0.2) is 50.1 Å². The van der Waals surface area contributed by atoms with Gasteiger partial charge in [0.1, 0.15) is 0 Å². The number of rotatable bonds is 5. The highest BCUT2D eigenvalue weighted by atomic mass is 32.1. The third-order valence-corrected chi connectivity index (χ3v) is 7.59. The molecular formula is C24H24N4O2S. The first-order valence-corrected chi connectivity index (χ1v) is 11.4. The number of aliphatic hydroxyl groups excluding tert-OH is 1. The van der Waals surface area contributed by atoms with Crippen molar-refractivity contribution in [1.29, 1.82) is 5.26 Å². The van der Waals surface area contributed by atoms with Gasteiger partial charge in [0.25, 0.3) is 0 Å². The molecule has 0 aliphatic carbocycles. The molecule has 2 aromatic heterocycles. The second kappa shape index (κ2) is 7.72. The molecular weight excluding hydrogens is 408 g/mol. The Morgan fingerprint density at radius 3 is 2.65 bits per heavy atom. The predicted octanol–water partition coefficient (Wildman–Crippen LogP) is 3.87. The molecule has 7 heteroatoms. The number of nitrogens with zero attached hydrogens (tertiary/aromatic N) is 4. The van der Waals surface area contributed by atoms with Crippen LogP contribution in [0.25, 0.3) is 16.3 Å². The van der Waals surface area contributed by atoms with Crippen LogP contribution in [0, 0.1) is 25.2 Å². The number of hydrogen-bond acceptors (Lipinski definition) is 6. The average Bonchev–Trinajstić information content (AvgIpc) is 3.51. The van der Waals surface area contributed by atoms with Crippen LogP contribution >= 0.6 is 11.3 Å². The van der Waals surface area contributed by atoms with Crippen LogP contribution in [0.4, 0.5) is 0 Å². The first-order chi connectivity index (χ1) is 15.0. The van der Waals surface area contributed by atoms with E-state index in [0.29, 0.717) is 23.7 Å². The molecule has 3 aromatic rings. The Morgan fingerprint density at radius 2 is 2.06 bits per heavy atom. The molecule has 2 saturated heterocycles. The first kappa shape index (κ1) is 20.1. The van der Waals surface area contributed by atoms with Crippen LogP contribution in [0.5, 0.6) is 0 Å². The molecule has 0 spiro atoms. The third-order valence-electron chi connectivity index (χ3n) is 6.65. The Bertz CT molecular complexity index is 1190. The van der Waals surface area contributed by atoms with Gasteiger partial charge in [-0.1, -0.05) is 0 Å². The van der Waals surface area contributed by atoms with E-state index in [4.69, 9.17) is 5.26 Å². The van der Waals surface area contributed by atoms with Gasteiger partial charge in [0.2, 0.25) is 0 Å². The average molecular weight is 433 g/mol. The highest BCUT2D eigenvalue weighted by Crippen LogP contribution is 2.38. The molecule has 2 fully saturated rings. The number of benzene rings is 1. The molecule has 3 atom stereocenters. The van der Waals surface area contributed by atoms with Crippen molar-refractivity contribution in [2.24, 2.45) is 0 Å². The zero-order valence-electron chi connectivity index (χ0n) is 17.6. The highest BCUT2D eigenvalue weighted by Gasteiger charge is 2.46. The number of hydrogen-bond donors (Lipinski definition) is 1. The number of Topliss-reactive ketones (excluding diaryl/α,β-unsaturated/α-hetero) is 1. The maximum Gasteiger partial charge on any atom is 0.178 e. The summed E-state index contributed by atoms with van der Waals surface area (Å²) >= 11 is 1.60. The monoisotopic (exact) mass is 432 g/mol. The number of carbonyl (C=O) groups excluding carboxylic acids is 1. The standard InChI is InChI=1S/C24H24N4O2S/c1-14-19(23(30)13-27-18-7-8-20(27)22(29)9-18)10-21(24-12-26-15(2)31-24)28(14)17-5-3-16(11-25)4-6-17/h3-6,10,12,18,20,22,29H,7-9,13H2,1-2H3/t18-,20+,22+/m0/s1. The number of nitriles is 1. The van der Waals surface area contributed by atoms with E-state index in [1.165, 1.54) is 0 Å². The van der Waals surface area contributed by atoms with E-state index in [2.05, 4.69) is 20.5 Å². The van der Waals surface area contributed by atoms with Gasteiger partial charge in [-0.3, -0.25) is 9.69 Å². The van der Waals surface area contributed by atoms with E-state index in [-0.39, 0.29) is 17.9 Å². The summed E-state index contributed by atoms with van der Waals surface area (Å²) < 4.78 is 2.08. The normalized spacial score (nSPS) is 22.7. The third kappa shape index (κ3) is 3.41. The lowest BCUT2D eigenvalue weighted by Crippen LogP contribution is -2.36. The number of ketones is 1. The number of thiazole rings is 1. The molecule has 0 amide bonds. The summed E-state index contributed by atoms with van der Waals surface area (Å²) in [4.78, 5) is 21.0. The summed E-state index contributed by atoms with van der Waals surface area (Å²) in [5.74, 6) is 0.0818. The van der Waals surface area contributed by atoms with Gasteiger partial charge in [0.15, 0.2) is 5.78 Å². The summed E-state index contributed by atoms with van der Waals surface area (Å²) in [5.41, 5.74) is 4.02. The Balaban J connectivity index is 1.54. The number of aromatic nitrogens is 2. The molecule has 4 heterocycles. The SMILES string of the molecule is Cc1ncc(-c2cc(C(=O)CN3[C@H]4CC[C@@H]3[C@H](O)C4)c(C)n2-c2ccc(C#N)cc2)s1. The van der Waals surface area contributed by atoms with Gasteiger partial charge in [-0.2, -0.15) is 5.26 Å². The lowest BCUT2D eigenvalue weighted by molar-refractivity contribution is 0.0873. The van der Waals surface area contributed by atoms with Crippen molar-refractivity contribution in [2.75, 3.05) is 6.54 Å². The Kier molecular flexibility index (Phi) is 5.01. The molecule has 0 unspecified atom stereocenters. The van der Waals surface area contributed by atoms with Gasteiger partial charge in [-0.05, 0) is 63.4 Å². The van der Waals surface area contributed by atoms with Crippen molar-refractivity contribution in [3.05, 3.63) is 58.4 Å². The molecule has 2 bridgehead atoms. The summed E-state index contributed by atoms with van der Waals surface area (Å²) in [6.07, 6.45) is 4.34. The molecule has 2 aliphatic rings. The van der Waals surface area contributed by atoms with Crippen molar-refractivity contribution >= 4 is 17.1 Å². The predicted molar refractivity (Wildman–Crippen MR) is 120 cm³/mol. The fourth-order valence-electron chi connectivity index (χ4n) is 5.13. The van der Waals surface area contributed by atoms with Gasteiger partial charge in [-0.15, -0.1) is 11.3 Å². The minimum atomic E-state index is -0.313. The van der Waals surface area contributed by atoms with Gasteiger partial charge in [0, 0.05) is 35.2 Å². The van der Waals surface area contributed by atoms with E-state index < -0.39 is 0 Å². The second-order valence-electron chi connectivity index (χ2n) is 8.46. The summed E-state index contributed by atoms with van der Waals surface area (Å²) in [5, 5.41) is 20.3. The fraction of sp³-hybridized carbons (Fsp3) is 0.375. The summed E-state index contributed by atoms with van der Waals surface area (Å²) in [7, 11) is 0. The molecule has 31 heavy (non-hydrogen) atoms. The van der Waals surface area contributed by atoms with E-state index in [0.717, 1.165) is 46.2 Å². The van der Waals surface area contributed by atoms with Crippen molar-refractivity contribution < 1.29 is 9.90 Å². The fourth-order valence-corrected chi connectivity index (χ4v) is 5.92. The molecule has 158 valence electrons. The van der Waals surface area contributed by atoms with E-state index >= 15 is 0 Å². The molecule has 1 N–H and O–H groups in total. The van der Waals surface area contributed by atoms with Crippen LogP contribution in [0.15, 0.2) is 36.5 Å². The van der Waals surface area contributed by atoms with Crippen LogP contribution in [-0.2, 0) is 0 Å². The Morgan fingerprint density at radius 1 is 1.29 bits per heavy atom. The van der Waals surface area contributed by atoms with Crippen molar-refractivity contribution in [1.82, 2.24) is 14.5 Å². The van der Waals surface area contributed by atoms with Crippen molar-refractivity contribution in [2.45, 2.75) is 51.3 Å². The van der Waals surface area contributed by atoms with E-state index in [1.54, 1.807) is 23.5 Å². The van der Waals surface area contributed by atoms with Crippen LogP contribution < -0.4 is 0 Å². The lowest BCUT2D eigenvalue weighted by atomic mass is 9.98. The number of aryl methyl sites for hydroxylation is 1. The molecule has 1 aromatic carbocycles. The summed E-state index contributed by atoms with van der Waals surface area (Å²) in [6, 6.07) is 12.0. The Hall–Kier alpha value is -2.79. The van der Waals surface area contributed by atoms with E-state index in [1.807, 2.05) is 38.2 Å². The second-order valence-corrected chi connectivity index (χ2v) is 9.70.